The largest absolute Gasteiger partial charge is 0.332 e. The molecule has 0 unspecified atom stereocenters. The minimum absolute atomic E-state index is 0.291. The lowest BCUT2D eigenvalue weighted by Crippen LogP contribution is -2.27. The number of thiocarbonyl (C=S) groups is 1. The number of benzene rings is 2. The first-order chi connectivity index (χ1) is 12.4. The lowest BCUT2D eigenvalue weighted by Gasteiger charge is -2.16. The average Bonchev–Trinajstić information content (AvgIpc) is 3.13. The summed E-state index contributed by atoms with van der Waals surface area (Å²) in [4.78, 5) is 0.291. The van der Waals surface area contributed by atoms with Gasteiger partial charge in [-0.25, -0.2) is 8.42 Å². The molecule has 26 heavy (non-hydrogen) atoms. The van der Waals surface area contributed by atoms with Crippen LogP contribution < -0.4 is 10.6 Å². The fourth-order valence-corrected chi connectivity index (χ4v) is 5.13. The van der Waals surface area contributed by atoms with E-state index in [0.717, 1.165) is 17.3 Å². The van der Waals surface area contributed by atoms with Crippen LogP contribution in [-0.2, 0) is 10.0 Å². The predicted octanol–water partition coefficient (Wildman–Crippen LogP) is 4.70. The Hall–Kier alpha value is -1.19. The van der Waals surface area contributed by atoms with Crippen LogP contribution in [0.4, 0.5) is 11.4 Å². The minimum Gasteiger partial charge on any atom is -0.332 e. The van der Waals surface area contributed by atoms with E-state index in [1.807, 2.05) is 12.1 Å². The molecule has 9 heteroatoms. The van der Waals surface area contributed by atoms with Crippen LogP contribution in [0.2, 0.25) is 5.02 Å². The van der Waals surface area contributed by atoms with Crippen LogP contribution in [0.15, 0.2) is 51.8 Å². The minimum atomic E-state index is -3.41. The third-order valence-electron chi connectivity index (χ3n) is 3.99. The second-order valence-electron chi connectivity index (χ2n) is 5.84. The zero-order valence-corrected chi connectivity index (χ0v) is 17.7. The molecule has 138 valence electrons. The van der Waals surface area contributed by atoms with Gasteiger partial charge >= 0.3 is 0 Å². The topological polar surface area (TPSA) is 61.4 Å². The van der Waals surface area contributed by atoms with Gasteiger partial charge in [0.05, 0.1) is 15.6 Å². The quantitative estimate of drug-likeness (QED) is 0.629. The summed E-state index contributed by atoms with van der Waals surface area (Å²) in [6.07, 6.45) is 1.83. The number of nitrogens with one attached hydrogen (secondary N) is 2. The van der Waals surface area contributed by atoms with Crippen molar-refractivity contribution >= 4 is 66.3 Å². The first-order valence-electron chi connectivity index (χ1n) is 7.99. The number of halogens is 2. The van der Waals surface area contributed by atoms with Crippen molar-refractivity contribution in [3.8, 4) is 0 Å². The van der Waals surface area contributed by atoms with Gasteiger partial charge in [0.1, 0.15) is 0 Å². The molecule has 0 radical (unpaired) electrons. The normalized spacial score (nSPS) is 15.0. The summed E-state index contributed by atoms with van der Waals surface area (Å²) in [5.74, 6) is 0. The molecule has 0 bridgehead atoms. The van der Waals surface area contributed by atoms with Crippen molar-refractivity contribution in [1.29, 1.82) is 0 Å². The molecule has 1 aliphatic heterocycles. The number of hydrogen-bond donors (Lipinski definition) is 2. The Morgan fingerprint density at radius 3 is 2.35 bits per heavy atom. The lowest BCUT2D eigenvalue weighted by molar-refractivity contribution is 0.477. The molecule has 0 spiro atoms. The second kappa shape index (κ2) is 8.22. The van der Waals surface area contributed by atoms with E-state index in [2.05, 4.69) is 26.6 Å². The van der Waals surface area contributed by atoms with Gasteiger partial charge in [0.25, 0.3) is 0 Å². The van der Waals surface area contributed by atoms with Crippen molar-refractivity contribution in [3.05, 3.63) is 52.0 Å². The molecule has 0 amide bonds. The van der Waals surface area contributed by atoms with Gasteiger partial charge in [-0.2, -0.15) is 4.31 Å². The molecular weight excluding hydrogens is 458 g/mol. The molecule has 2 aromatic rings. The van der Waals surface area contributed by atoms with Crippen LogP contribution in [0.3, 0.4) is 0 Å². The van der Waals surface area contributed by atoms with Crippen LogP contribution in [-0.4, -0.2) is 30.9 Å². The molecular formula is C17H17BrClN3O2S2. The Labute approximate surface area is 171 Å². The van der Waals surface area contributed by atoms with Gasteiger partial charge in [-0.15, -0.1) is 0 Å². The van der Waals surface area contributed by atoms with Crippen LogP contribution in [0.5, 0.6) is 0 Å². The Bertz CT molecular complexity index is 914. The highest BCUT2D eigenvalue weighted by Crippen LogP contribution is 2.26. The van der Waals surface area contributed by atoms with E-state index in [-0.39, 0.29) is 0 Å². The van der Waals surface area contributed by atoms with Gasteiger partial charge in [-0.1, -0.05) is 27.5 Å². The number of nitrogens with zero attached hydrogens (tertiary/aromatic N) is 1. The number of hydrogen-bond acceptors (Lipinski definition) is 3. The highest BCUT2D eigenvalue weighted by atomic mass is 79.9. The van der Waals surface area contributed by atoms with Crippen molar-refractivity contribution in [2.45, 2.75) is 17.7 Å². The Morgan fingerprint density at radius 1 is 1.08 bits per heavy atom. The third kappa shape index (κ3) is 4.55. The predicted molar refractivity (Wildman–Crippen MR) is 113 cm³/mol. The molecule has 3 rings (SSSR count). The number of sulfonamides is 1. The van der Waals surface area contributed by atoms with E-state index in [1.54, 1.807) is 30.3 Å². The standard InChI is InChI=1S/C17H17BrClN3O2S2/c18-12-3-8-16(15(19)11-12)21-17(25)20-13-4-6-14(7-5-13)26(23,24)22-9-1-2-10-22/h3-8,11H,1-2,9-10H2,(H2,20,21,25). The molecule has 1 saturated heterocycles. The highest BCUT2D eigenvalue weighted by Gasteiger charge is 2.26. The summed E-state index contributed by atoms with van der Waals surface area (Å²) in [5.41, 5.74) is 1.37. The maximum Gasteiger partial charge on any atom is 0.243 e. The lowest BCUT2D eigenvalue weighted by atomic mass is 10.3. The molecule has 0 aliphatic carbocycles. The molecule has 1 heterocycles. The highest BCUT2D eigenvalue weighted by molar-refractivity contribution is 9.10. The second-order valence-corrected chi connectivity index (χ2v) is 9.51. The average molecular weight is 475 g/mol. The van der Waals surface area contributed by atoms with E-state index >= 15 is 0 Å². The maximum atomic E-state index is 12.5. The first kappa shape index (κ1) is 19.6. The van der Waals surface area contributed by atoms with E-state index < -0.39 is 10.0 Å². The van der Waals surface area contributed by atoms with E-state index in [0.29, 0.717) is 39.5 Å². The fraction of sp³-hybridized carbons (Fsp3) is 0.235. The Morgan fingerprint density at radius 2 is 1.73 bits per heavy atom. The first-order valence-corrected chi connectivity index (χ1v) is 11.0. The van der Waals surface area contributed by atoms with Crippen LogP contribution >= 0.6 is 39.7 Å². The summed E-state index contributed by atoms with van der Waals surface area (Å²) >= 11 is 14.8. The molecule has 1 aliphatic rings. The Balaban J connectivity index is 1.66. The third-order valence-corrected chi connectivity index (χ3v) is 6.92. The zero-order valence-electron chi connectivity index (χ0n) is 13.7. The number of rotatable bonds is 4. The summed E-state index contributed by atoms with van der Waals surface area (Å²) in [7, 11) is -3.41. The van der Waals surface area contributed by atoms with Gasteiger partial charge in [-0.3, -0.25) is 0 Å². The summed E-state index contributed by atoms with van der Waals surface area (Å²) in [6, 6.07) is 12.0. The smallest absolute Gasteiger partial charge is 0.243 e. The van der Waals surface area contributed by atoms with Crippen LogP contribution in [0, 0.1) is 0 Å². The molecule has 2 N–H and O–H groups in total. The monoisotopic (exact) mass is 473 g/mol. The van der Waals surface area contributed by atoms with Gasteiger partial charge in [0.2, 0.25) is 10.0 Å². The van der Waals surface area contributed by atoms with Crippen LogP contribution in [0.25, 0.3) is 0 Å². The summed E-state index contributed by atoms with van der Waals surface area (Å²) < 4.78 is 27.4. The molecule has 5 nitrogen and oxygen atoms in total. The van der Waals surface area contributed by atoms with Crippen molar-refractivity contribution in [1.82, 2.24) is 4.31 Å². The van der Waals surface area contributed by atoms with Crippen molar-refractivity contribution in [2.24, 2.45) is 0 Å². The molecule has 0 aromatic heterocycles. The van der Waals surface area contributed by atoms with Crippen molar-refractivity contribution < 1.29 is 8.42 Å². The summed E-state index contributed by atoms with van der Waals surface area (Å²) in [6.45, 7) is 1.18. The van der Waals surface area contributed by atoms with Crippen molar-refractivity contribution in [2.75, 3.05) is 23.7 Å². The van der Waals surface area contributed by atoms with E-state index in [1.165, 1.54) is 4.31 Å². The zero-order chi connectivity index (χ0) is 18.7. The molecule has 1 fully saturated rings. The van der Waals surface area contributed by atoms with E-state index in [9.17, 15) is 8.42 Å². The molecule has 0 saturated carbocycles. The van der Waals surface area contributed by atoms with Gasteiger partial charge in [0.15, 0.2) is 5.11 Å². The van der Waals surface area contributed by atoms with Gasteiger partial charge in [0, 0.05) is 23.2 Å². The Kier molecular flexibility index (Phi) is 6.19. The van der Waals surface area contributed by atoms with Gasteiger partial charge in [-0.05, 0) is 67.5 Å². The van der Waals surface area contributed by atoms with E-state index in [4.69, 9.17) is 23.8 Å². The fourth-order valence-electron chi connectivity index (χ4n) is 2.66. The van der Waals surface area contributed by atoms with Crippen LogP contribution in [0.1, 0.15) is 12.8 Å². The number of anilines is 2. The SMILES string of the molecule is O=S(=O)(c1ccc(NC(=S)Nc2ccc(Br)cc2Cl)cc1)N1CCCC1. The maximum absolute atomic E-state index is 12.5. The molecule has 0 atom stereocenters. The molecule has 2 aromatic carbocycles. The van der Waals surface area contributed by atoms with Crippen molar-refractivity contribution in [3.63, 3.8) is 0 Å². The van der Waals surface area contributed by atoms with Gasteiger partial charge < -0.3 is 10.6 Å². The summed E-state index contributed by atoms with van der Waals surface area (Å²) in [5, 5.41) is 6.94.